The third-order valence-corrected chi connectivity index (χ3v) is 6.78. The molecule has 0 N–H and O–H groups in total. The average molecular weight is 388 g/mol. The molecule has 4 nitrogen and oxygen atoms in total. The van der Waals surface area contributed by atoms with Gasteiger partial charge in [0.15, 0.2) is 0 Å². The quantitative estimate of drug-likeness (QED) is 0.722. The number of carbonyl (C=O) groups is 1. The van der Waals surface area contributed by atoms with Crippen LogP contribution in [-0.4, -0.2) is 39.9 Å². The summed E-state index contributed by atoms with van der Waals surface area (Å²) in [5, 5.41) is 1.23. The second-order valence-electron chi connectivity index (χ2n) is 8.65. The lowest BCUT2D eigenvalue weighted by Gasteiger charge is -2.32. The van der Waals surface area contributed by atoms with Crippen LogP contribution in [0.25, 0.3) is 10.9 Å². The summed E-state index contributed by atoms with van der Waals surface area (Å²) < 4.78 is 2.39. The van der Waals surface area contributed by atoms with Crippen molar-refractivity contribution < 1.29 is 4.79 Å². The van der Waals surface area contributed by atoms with Gasteiger partial charge in [0.2, 0.25) is 0 Å². The molecular weight excluding hydrogens is 358 g/mol. The Kier molecular flexibility index (Phi) is 4.57. The Bertz CT molecular complexity index is 1030. The van der Waals surface area contributed by atoms with Crippen molar-refractivity contribution in [2.45, 2.75) is 39.3 Å². The third kappa shape index (κ3) is 3.11. The standard InChI is InChI=1S/C25H29N3O/c1-3-12-28-23-8-7-19(25(29)26-13-9-18(2)10-14-26)16-21(23)22-17-27(15-11-24(22)28)20-5-4-6-20/h3-8,16,18H,1,9-15,17H2,2H3. The molecule has 1 aromatic heterocycles. The number of carbonyl (C=O) groups excluding carboxylic acids is 1. The van der Waals surface area contributed by atoms with E-state index in [9.17, 15) is 4.79 Å². The molecular formula is C25H29N3O. The van der Waals surface area contributed by atoms with Gasteiger partial charge in [-0.25, -0.2) is 0 Å². The van der Waals surface area contributed by atoms with Crippen molar-refractivity contribution in [2.75, 3.05) is 19.6 Å². The molecule has 0 unspecified atom stereocenters. The zero-order valence-electron chi connectivity index (χ0n) is 17.2. The van der Waals surface area contributed by atoms with Crippen LogP contribution in [0.2, 0.25) is 0 Å². The molecule has 0 spiro atoms. The Morgan fingerprint density at radius 2 is 2.03 bits per heavy atom. The third-order valence-electron chi connectivity index (χ3n) is 6.78. The number of aromatic nitrogens is 1. The Morgan fingerprint density at radius 3 is 2.72 bits per heavy atom. The number of allylic oxidation sites excluding steroid dienone is 4. The lowest BCUT2D eigenvalue weighted by Crippen LogP contribution is -2.37. The van der Waals surface area contributed by atoms with Gasteiger partial charge < -0.3 is 14.4 Å². The van der Waals surface area contributed by atoms with Crippen LogP contribution in [-0.2, 0) is 19.5 Å². The first-order chi connectivity index (χ1) is 14.2. The van der Waals surface area contributed by atoms with Crippen molar-refractivity contribution in [3.63, 3.8) is 0 Å². The molecule has 0 radical (unpaired) electrons. The van der Waals surface area contributed by atoms with Crippen molar-refractivity contribution in [3.8, 4) is 0 Å². The normalized spacial score (nSPS) is 19.1. The van der Waals surface area contributed by atoms with Gasteiger partial charge in [-0.3, -0.25) is 4.79 Å². The Balaban J connectivity index is 1.52. The van der Waals surface area contributed by atoms with E-state index in [1.807, 2.05) is 17.0 Å². The molecule has 2 aliphatic heterocycles. The van der Waals surface area contributed by atoms with Crippen LogP contribution in [0.1, 0.15) is 41.4 Å². The van der Waals surface area contributed by atoms with Crippen LogP contribution in [0.5, 0.6) is 0 Å². The minimum absolute atomic E-state index is 0.182. The highest BCUT2D eigenvalue weighted by atomic mass is 16.2. The molecule has 1 amide bonds. The molecule has 1 aliphatic carbocycles. The lowest BCUT2D eigenvalue weighted by atomic mass is 9.98. The maximum Gasteiger partial charge on any atom is 0.253 e. The zero-order valence-corrected chi connectivity index (χ0v) is 17.2. The first-order valence-corrected chi connectivity index (χ1v) is 10.8. The van der Waals surface area contributed by atoms with Crippen LogP contribution in [0.4, 0.5) is 0 Å². The van der Waals surface area contributed by atoms with E-state index in [2.05, 4.69) is 53.3 Å². The van der Waals surface area contributed by atoms with E-state index < -0.39 is 0 Å². The van der Waals surface area contributed by atoms with Crippen molar-refractivity contribution in [1.29, 1.82) is 0 Å². The molecule has 1 fully saturated rings. The molecule has 29 heavy (non-hydrogen) atoms. The number of piperidine rings is 1. The fraction of sp³-hybridized carbons (Fsp3) is 0.400. The maximum atomic E-state index is 13.2. The van der Waals surface area contributed by atoms with Gasteiger partial charge in [0.1, 0.15) is 0 Å². The summed E-state index contributed by atoms with van der Waals surface area (Å²) in [7, 11) is 0. The molecule has 150 valence electrons. The van der Waals surface area contributed by atoms with Crippen LogP contribution in [0, 0.1) is 5.92 Å². The summed E-state index contributed by atoms with van der Waals surface area (Å²) >= 11 is 0. The van der Waals surface area contributed by atoms with Crippen LogP contribution < -0.4 is 0 Å². The number of amides is 1. The molecule has 4 heteroatoms. The highest BCUT2D eigenvalue weighted by molar-refractivity contribution is 5.99. The van der Waals surface area contributed by atoms with E-state index in [1.165, 1.54) is 27.9 Å². The molecule has 2 aromatic rings. The Morgan fingerprint density at radius 1 is 1.24 bits per heavy atom. The SMILES string of the molecule is C=CCn1c2c(c3cc(C(=O)N4CCC(C)CC4)ccc31)CN(C1=CC=C1)CC2. The minimum atomic E-state index is 0.182. The van der Waals surface area contributed by atoms with Crippen molar-refractivity contribution in [1.82, 2.24) is 14.4 Å². The first kappa shape index (κ1) is 18.3. The monoisotopic (exact) mass is 387 g/mol. The van der Waals surface area contributed by atoms with Crippen LogP contribution in [0.3, 0.4) is 0 Å². The number of likely N-dealkylation sites (tertiary alicyclic amines) is 1. The fourth-order valence-corrected chi connectivity index (χ4v) is 4.93. The number of hydrogen-bond donors (Lipinski definition) is 0. The molecule has 5 rings (SSSR count). The van der Waals surface area contributed by atoms with E-state index in [4.69, 9.17) is 0 Å². The van der Waals surface area contributed by atoms with Gasteiger partial charge in [-0.15, -0.1) is 6.58 Å². The smallest absolute Gasteiger partial charge is 0.253 e. The van der Waals surface area contributed by atoms with E-state index in [1.54, 1.807) is 0 Å². The molecule has 0 saturated carbocycles. The van der Waals surface area contributed by atoms with Gasteiger partial charge in [0.25, 0.3) is 5.91 Å². The van der Waals surface area contributed by atoms with Gasteiger partial charge >= 0.3 is 0 Å². The predicted molar refractivity (Wildman–Crippen MR) is 118 cm³/mol. The summed E-state index contributed by atoms with van der Waals surface area (Å²) in [6, 6.07) is 6.30. The van der Waals surface area contributed by atoms with Crippen LogP contribution >= 0.6 is 0 Å². The summed E-state index contributed by atoms with van der Waals surface area (Å²) in [5.74, 6) is 0.906. The van der Waals surface area contributed by atoms with E-state index in [-0.39, 0.29) is 5.91 Å². The molecule has 0 bridgehead atoms. The molecule has 1 saturated heterocycles. The van der Waals surface area contributed by atoms with Crippen LogP contribution in [0.15, 0.2) is 54.8 Å². The number of fused-ring (bicyclic) bond motifs is 3. The molecule has 3 heterocycles. The zero-order chi connectivity index (χ0) is 20.0. The minimum Gasteiger partial charge on any atom is -0.367 e. The second-order valence-corrected chi connectivity index (χ2v) is 8.65. The van der Waals surface area contributed by atoms with Gasteiger partial charge in [-0.2, -0.15) is 0 Å². The van der Waals surface area contributed by atoms with Crippen molar-refractivity contribution in [2.24, 2.45) is 5.92 Å². The highest BCUT2D eigenvalue weighted by Crippen LogP contribution is 2.34. The van der Waals surface area contributed by atoms with Crippen molar-refractivity contribution in [3.05, 3.63) is 71.6 Å². The van der Waals surface area contributed by atoms with Gasteiger partial charge in [-0.05, 0) is 49.1 Å². The first-order valence-electron chi connectivity index (χ1n) is 10.8. The predicted octanol–water partition coefficient (Wildman–Crippen LogP) is 4.51. The summed E-state index contributed by atoms with van der Waals surface area (Å²) in [4.78, 5) is 17.6. The number of hydrogen-bond acceptors (Lipinski definition) is 2. The van der Waals surface area contributed by atoms with Crippen molar-refractivity contribution >= 4 is 16.8 Å². The fourth-order valence-electron chi connectivity index (χ4n) is 4.93. The topological polar surface area (TPSA) is 28.5 Å². The summed E-state index contributed by atoms with van der Waals surface area (Å²) in [5.41, 5.74) is 6.13. The van der Waals surface area contributed by atoms with Gasteiger partial charge in [-0.1, -0.05) is 19.1 Å². The van der Waals surface area contributed by atoms with E-state index in [0.29, 0.717) is 0 Å². The van der Waals surface area contributed by atoms with Gasteiger partial charge in [0, 0.05) is 72.6 Å². The summed E-state index contributed by atoms with van der Waals surface area (Å²) in [6.45, 7) is 10.7. The molecule has 3 aliphatic rings. The number of benzene rings is 1. The lowest BCUT2D eigenvalue weighted by molar-refractivity contribution is 0.0697. The molecule has 1 aromatic carbocycles. The maximum absolute atomic E-state index is 13.2. The van der Waals surface area contributed by atoms with E-state index in [0.717, 1.165) is 63.5 Å². The second kappa shape index (κ2) is 7.25. The number of rotatable bonds is 4. The Hall–Kier alpha value is -2.75. The Labute approximate surface area is 172 Å². The number of nitrogens with zero attached hydrogens (tertiary/aromatic N) is 3. The molecule has 0 atom stereocenters. The largest absolute Gasteiger partial charge is 0.367 e. The average Bonchev–Trinajstić information content (AvgIpc) is 3.00. The summed E-state index contributed by atoms with van der Waals surface area (Å²) in [6.07, 6.45) is 11.7. The highest BCUT2D eigenvalue weighted by Gasteiger charge is 2.27. The van der Waals surface area contributed by atoms with Gasteiger partial charge in [0.05, 0.1) is 0 Å². The van der Waals surface area contributed by atoms with E-state index >= 15 is 0 Å².